The standard InChI is InChI=1S/C16H28N2O3/c1-15(2,3)14(20)18-10-8-17(9-11-18)13(19)12-16(21)6-4-5-7-16/h21H,4-12H2,1-3H3. The predicted molar refractivity (Wildman–Crippen MR) is 80.6 cm³/mol. The Balaban J connectivity index is 1.83. The van der Waals surface area contributed by atoms with E-state index in [9.17, 15) is 14.7 Å². The van der Waals surface area contributed by atoms with Gasteiger partial charge in [0, 0.05) is 31.6 Å². The third-order valence-electron chi connectivity index (χ3n) is 4.58. The fourth-order valence-corrected chi connectivity index (χ4v) is 3.24. The van der Waals surface area contributed by atoms with Crippen molar-refractivity contribution < 1.29 is 14.7 Å². The van der Waals surface area contributed by atoms with Gasteiger partial charge in [0.05, 0.1) is 12.0 Å². The molecule has 0 bridgehead atoms. The largest absolute Gasteiger partial charge is 0.389 e. The van der Waals surface area contributed by atoms with Gasteiger partial charge >= 0.3 is 0 Å². The maximum absolute atomic E-state index is 12.3. The van der Waals surface area contributed by atoms with Gasteiger partial charge < -0.3 is 14.9 Å². The molecule has 0 unspecified atom stereocenters. The van der Waals surface area contributed by atoms with Crippen LogP contribution in [-0.4, -0.2) is 58.5 Å². The van der Waals surface area contributed by atoms with Crippen LogP contribution < -0.4 is 0 Å². The molecule has 1 saturated carbocycles. The molecule has 5 heteroatoms. The Labute approximate surface area is 127 Å². The zero-order chi connectivity index (χ0) is 15.7. The minimum atomic E-state index is -0.782. The summed E-state index contributed by atoms with van der Waals surface area (Å²) in [4.78, 5) is 28.1. The van der Waals surface area contributed by atoms with Crippen LogP contribution in [0.1, 0.15) is 52.9 Å². The highest BCUT2D eigenvalue weighted by atomic mass is 16.3. The lowest BCUT2D eigenvalue weighted by Crippen LogP contribution is -2.53. The highest BCUT2D eigenvalue weighted by Gasteiger charge is 2.36. The van der Waals surface area contributed by atoms with Crippen LogP contribution in [0.2, 0.25) is 0 Å². The normalized spacial score (nSPS) is 22.5. The molecular weight excluding hydrogens is 268 g/mol. The van der Waals surface area contributed by atoms with Gasteiger partial charge in [0.1, 0.15) is 0 Å². The van der Waals surface area contributed by atoms with E-state index in [0.29, 0.717) is 26.2 Å². The molecule has 0 radical (unpaired) electrons. The summed E-state index contributed by atoms with van der Waals surface area (Å²) < 4.78 is 0. The summed E-state index contributed by atoms with van der Waals surface area (Å²) in [6, 6.07) is 0. The number of amides is 2. The quantitative estimate of drug-likeness (QED) is 0.838. The number of aliphatic hydroxyl groups is 1. The van der Waals surface area contributed by atoms with E-state index in [1.807, 2.05) is 25.7 Å². The second kappa shape index (κ2) is 5.95. The van der Waals surface area contributed by atoms with Crippen molar-refractivity contribution in [1.82, 2.24) is 9.80 Å². The second-order valence-corrected chi connectivity index (χ2v) is 7.53. The number of hydrogen-bond acceptors (Lipinski definition) is 3. The monoisotopic (exact) mass is 296 g/mol. The fourth-order valence-electron chi connectivity index (χ4n) is 3.24. The van der Waals surface area contributed by atoms with E-state index in [0.717, 1.165) is 25.7 Å². The zero-order valence-electron chi connectivity index (χ0n) is 13.5. The Morgan fingerprint density at radius 2 is 1.48 bits per heavy atom. The van der Waals surface area contributed by atoms with Gasteiger partial charge in [-0.25, -0.2) is 0 Å². The summed E-state index contributed by atoms with van der Waals surface area (Å²) in [6.45, 7) is 8.11. The Bertz CT molecular complexity index is 400. The van der Waals surface area contributed by atoms with Crippen molar-refractivity contribution in [3.05, 3.63) is 0 Å². The first-order valence-electron chi connectivity index (χ1n) is 8.01. The van der Waals surface area contributed by atoms with E-state index < -0.39 is 5.60 Å². The van der Waals surface area contributed by atoms with Crippen LogP contribution in [-0.2, 0) is 9.59 Å². The van der Waals surface area contributed by atoms with Crippen LogP contribution in [0.4, 0.5) is 0 Å². The minimum Gasteiger partial charge on any atom is -0.389 e. The molecule has 2 aliphatic rings. The molecule has 1 aliphatic heterocycles. The van der Waals surface area contributed by atoms with Gasteiger partial charge in [0.2, 0.25) is 11.8 Å². The first-order valence-corrected chi connectivity index (χ1v) is 8.01. The van der Waals surface area contributed by atoms with Crippen LogP contribution >= 0.6 is 0 Å². The lowest BCUT2D eigenvalue weighted by atomic mass is 9.94. The van der Waals surface area contributed by atoms with Crippen molar-refractivity contribution in [1.29, 1.82) is 0 Å². The van der Waals surface area contributed by atoms with Gasteiger partial charge in [0.25, 0.3) is 0 Å². The average Bonchev–Trinajstić information content (AvgIpc) is 2.83. The van der Waals surface area contributed by atoms with E-state index in [2.05, 4.69) is 0 Å². The highest BCUT2D eigenvalue weighted by molar-refractivity contribution is 5.82. The molecule has 120 valence electrons. The molecule has 5 nitrogen and oxygen atoms in total. The van der Waals surface area contributed by atoms with Crippen LogP contribution in [0.3, 0.4) is 0 Å². The minimum absolute atomic E-state index is 0.0299. The van der Waals surface area contributed by atoms with Crippen molar-refractivity contribution in [2.24, 2.45) is 5.41 Å². The molecule has 0 aromatic heterocycles. The van der Waals surface area contributed by atoms with E-state index in [4.69, 9.17) is 0 Å². The number of carbonyl (C=O) groups is 2. The van der Waals surface area contributed by atoms with Crippen molar-refractivity contribution in [2.45, 2.75) is 58.5 Å². The van der Waals surface area contributed by atoms with E-state index in [1.165, 1.54) is 0 Å². The zero-order valence-corrected chi connectivity index (χ0v) is 13.5. The number of rotatable bonds is 2. The van der Waals surface area contributed by atoms with Crippen molar-refractivity contribution in [3.8, 4) is 0 Å². The Morgan fingerprint density at radius 3 is 1.95 bits per heavy atom. The Kier molecular flexibility index (Phi) is 4.61. The smallest absolute Gasteiger partial charge is 0.228 e. The first kappa shape index (κ1) is 16.3. The summed E-state index contributed by atoms with van der Waals surface area (Å²) in [5.74, 6) is 0.172. The molecule has 21 heavy (non-hydrogen) atoms. The van der Waals surface area contributed by atoms with Crippen LogP contribution in [0.25, 0.3) is 0 Å². The molecule has 2 amide bonds. The lowest BCUT2D eigenvalue weighted by Gasteiger charge is -2.38. The van der Waals surface area contributed by atoms with Gasteiger partial charge in [-0.05, 0) is 12.8 Å². The maximum atomic E-state index is 12.3. The Hall–Kier alpha value is -1.10. The molecule has 1 aliphatic carbocycles. The molecule has 1 saturated heterocycles. The molecule has 2 fully saturated rings. The van der Waals surface area contributed by atoms with Crippen molar-refractivity contribution >= 4 is 11.8 Å². The van der Waals surface area contributed by atoms with Gasteiger partial charge in [-0.1, -0.05) is 33.6 Å². The number of carbonyl (C=O) groups excluding carboxylic acids is 2. The Morgan fingerprint density at radius 1 is 1.00 bits per heavy atom. The summed E-state index contributed by atoms with van der Waals surface area (Å²) in [6.07, 6.45) is 3.73. The third kappa shape index (κ3) is 3.96. The molecule has 0 aromatic rings. The van der Waals surface area contributed by atoms with Crippen LogP contribution in [0.15, 0.2) is 0 Å². The second-order valence-electron chi connectivity index (χ2n) is 7.53. The van der Waals surface area contributed by atoms with Crippen LogP contribution in [0, 0.1) is 5.41 Å². The molecular formula is C16H28N2O3. The van der Waals surface area contributed by atoms with Crippen molar-refractivity contribution in [3.63, 3.8) is 0 Å². The van der Waals surface area contributed by atoms with E-state index in [1.54, 1.807) is 4.90 Å². The molecule has 2 rings (SSSR count). The SMILES string of the molecule is CC(C)(C)C(=O)N1CCN(C(=O)CC2(O)CCCC2)CC1. The molecule has 0 atom stereocenters. The highest BCUT2D eigenvalue weighted by Crippen LogP contribution is 2.33. The van der Waals surface area contributed by atoms with Gasteiger partial charge in [-0.3, -0.25) is 9.59 Å². The van der Waals surface area contributed by atoms with Crippen LogP contribution in [0.5, 0.6) is 0 Å². The first-order chi connectivity index (χ1) is 9.71. The number of nitrogens with zero attached hydrogens (tertiary/aromatic N) is 2. The summed E-state index contributed by atoms with van der Waals surface area (Å²) in [5.41, 5.74) is -1.15. The molecule has 0 spiro atoms. The summed E-state index contributed by atoms with van der Waals surface area (Å²) in [7, 11) is 0. The van der Waals surface area contributed by atoms with E-state index >= 15 is 0 Å². The van der Waals surface area contributed by atoms with Gasteiger partial charge in [-0.2, -0.15) is 0 Å². The summed E-state index contributed by atoms with van der Waals surface area (Å²) >= 11 is 0. The van der Waals surface area contributed by atoms with Gasteiger partial charge in [-0.15, -0.1) is 0 Å². The molecule has 0 aromatic carbocycles. The van der Waals surface area contributed by atoms with Gasteiger partial charge in [0.15, 0.2) is 0 Å². The third-order valence-corrected chi connectivity index (χ3v) is 4.58. The topological polar surface area (TPSA) is 60.9 Å². The maximum Gasteiger partial charge on any atom is 0.228 e. The van der Waals surface area contributed by atoms with E-state index in [-0.39, 0.29) is 23.7 Å². The lowest BCUT2D eigenvalue weighted by molar-refractivity contribution is -0.146. The summed E-state index contributed by atoms with van der Waals surface area (Å²) in [5, 5.41) is 10.3. The predicted octanol–water partition coefficient (Wildman–Crippen LogP) is 1.40. The molecule has 1 heterocycles. The number of hydrogen-bond donors (Lipinski definition) is 1. The van der Waals surface area contributed by atoms with Crippen molar-refractivity contribution in [2.75, 3.05) is 26.2 Å². The average molecular weight is 296 g/mol. The number of piperazine rings is 1. The fraction of sp³-hybridized carbons (Fsp3) is 0.875. The molecule has 1 N–H and O–H groups in total.